The van der Waals surface area contributed by atoms with Gasteiger partial charge in [0.1, 0.15) is 0 Å². The Bertz CT molecular complexity index is 679. The van der Waals surface area contributed by atoms with Crippen LogP contribution in [0, 0.1) is 5.92 Å². The number of hydrogen-bond acceptors (Lipinski definition) is 3. The van der Waals surface area contributed by atoms with Gasteiger partial charge < -0.3 is 10.2 Å². The molecule has 0 atom stereocenters. The lowest BCUT2D eigenvalue weighted by atomic mass is 9.84. The fourth-order valence-corrected chi connectivity index (χ4v) is 5.65. The number of benzene rings is 1. The second kappa shape index (κ2) is 11.1. The molecule has 2 saturated carbocycles. The van der Waals surface area contributed by atoms with E-state index in [9.17, 15) is 9.59 Å². The maximum Gasteiger partial charge on any atom is 0.252 e. The van der Waals surface area contributed by atoms with Crippen LogP contribution in [0.3, 0.4) is 0 Å². The molecule has 0 heterocycles. The Kier molecular flexibility index (Phi) is 8.46. The van der Waals surface area contributed by atoms with Crippen molar-refractivity contribution in [2.75, 3.05) is 12.8 Å². The number of thioether (sulfide) groups is 1. The third-order valence-electron chi connectivity index (χ3n) is 6.76. The third kappa shape index (κ3) is 6.24. The predicted molar refractivity (Wildman–Crippen MR) is 120 cm³/mol. The minimum absolute atomic E-state index is 0.00105. The van der Waals surface area contributed by atoms with Crippen molar-refractivity contribution in [2.24, 2.45) is 5.92 Å². The van der Waals surface area contributed by atoms with Gasteiger partial charge in [-0.05, 0) is 56.6 Å². The molecule has 0 aromatic heterocycles. The molecular weight excluding hydrogens is 380 g/mol. The lowest BCUT2D eigenvalue weighted by Gasteiger charge is -2.31. The summed E-state index contributed by atoms with van der Waals surface area (Å²) in [5.41, 5.74) is 0.697. The average Bonchev–Trinajstić information content (AvgIpc) is 2.78. The Morgan fingerprint density at radius 1 is 1.03 bits per heavy atom. The first-order valence-corrected chi connectivity index (χ1v) is 12.4. The number of hydrogen-bond donors (Lipinski definition) is 1. The predicted octanol–water partition coefficient (Wildman–Crippen LogP) is 5.27. The van der Waals surface area contributed by atoms with Gasteiger partial charge >= 0.3 is 0 Å². The highest BCUT2D eigenvalue weighted by molar-refractivity contribution is 8.00. The summed E-state index contributed by atoms with van der Waals surface area (Å²) in [7, 11) is 1.93. The van der Waals surface area contributed by atoms with Gasteiger partial charge in [0.15, 0.2) is 0 Å². The summed E-state index contributed by atoms with van der Waals surface area (Å²) in [5, 5.41) is 3.23. The van der Waals surface area contributed by atoms with Crippen LogP contribution >= 0.6 is 11.8 Å². The summed E-state index contributed by atoms with van der Waals surface area (Å²) in [6.45, 7) is 2.25. The number of rotatable bonds is 7. The van der Waals surface area contributed by atoms with Crippen molar-refractivity contribution in [1.82, 2.24) is 10.2 Å². The molecule has 2 aliphatic rings. The van der Waals surface area contributed by atoms with Gasteiger partial charge in [-0.1, -0.05) is 44.7 Å². The van der Waals surface area contributed by atoms with Crippen molar-refractivity contribution in [3.8, 4) is 0 Å². The molecule has 0 spiro atoms. The molecule has 3 rings (SSSR count). The van der Waals surface area contributed by atoms with E-state index in [-0.39, 0.29) is 17.9 Å². The van der Waals surface area contributed by atoms with Crippen molar-refractivity contribution in [3.63, 3.8) is 0 Å². The maximum absolute atomic E-state index is 12.9. The van der Waals surface area contributed by atoms with Crippen LogP contribution in [0.25, 0.3) is 0 Å². The average molecular weight is 417 g/mol. The number of carbonyl (C=O) groups is 2. The van der Waals surface area contributed by atoms with Gasteiger partial charge in [-0.25, -0.2) is 0 Å². The van der Waals surface area contributed by atoms with Crippen LogP contribution in [0.4, 0.5) is 0 Å². The molecule has 2 aliphatic carbocycles. The van der Waals surface area contributed by atoms with E-state index in [4.69, 9.17) is 0 Å². The Labute approximate surface area is 180 Å². The summed E-state index contributed by atoms with van der Waals surface area (Å²) >= 11 is 1.49. The fourth-order valence-electron chi connectivity index (χ4n) is 4.67. The Hall–Kier alpha value is -1.49. The highest BCUT2D eigenvalue weighted by Crippen LogP contribution is 2.28. The number of nitrogens with one attached hydrogen (secondary N) is 1. The van der Waals surface area contributed by atoms with E-state index >= 15 is 0 Å². The van der Waals surface area contributed by atoms with Gasteiger partial charge in [-0.3, -0.25) is 9.59 Å². The minimum Gasteiger partial charge on any atom is -0.349 e. The lowest BCUT2D eigenvalue weighted by molar-refractivity contribution is -0.129. The number of carbonyl (C=O) groups excluding carboxylic acids is 2. The third-order valence-corrected chi connectivity index (χ3v) is 7.82. The Morgan fingerprint density at radius 3 is 2.41 bits per heavy atom. The highest BCUT2D eigenvalue weighted by Gasteiger charge is 2.24. The quantitative estimate of drug-likeness (QED) is 0.616. The van der Waals surface area contributed by atoms with Crippen LogP contribution in [0.1, 0.15) is 81.5 Å². The van der Waals surface area contributed by atoms with Crippen LogP contribution < -0.4 is 5.32 Å². The van der Waals surface area contributed by atoms with Gasteiger partial charge in [0.2, 0.25) is 5.91 Å². The van der Waals surface area contributed by atoms with E-state index in [1.165, 1.54) is 50.3 Å². The van der Waals surface area contributed by atoms with Crippen LogP contribution in [0.5, 0.6) is 0 Å². The molecule has 0 radical (unpaired) electrons. The zero-order chi connectivity index (χ0) is 20.6. The van der Waals surface area contributed by atoms with E-state index in [1.807, 2.05) is 36.2 Å². The van der Waals surface area contributed by atoms with E-state index in [0.29, 0.717) is 17.4 Å². The van der Waals surface area contributed by atoms with Crippen LogP contribution in [-0.2, 0) is 4.79 Å². The van der Waals surface area contributed by atoms with Gasteiger partial charge in [-0.2, -0.15) is 0 Å². The summed E-state index contributed by atoms with van der Waals surface area (Å²) in [6.07, 6.45) is 11.8. The smallest absolute Gasteiger partial charge is 0.252 e. The lowest BCUT2D eigenvalue weighted by Crippen LogP contribution is -2.39. The normalized spacial score (nSPS) is 22.8. The Morgan fingerprint density at radius 2 is 1.72 bits per heavy atom. The first-order valence-electron chi connectivity index (χ1n) is 11.4. The maximum atomic E-state index is 12.9. The standard InChI is InChI=1S/C24H36N2O2S/c1-3-18-13-15-19(16-14-18)25-24(28)21-11-7-8-12-22(21)29-17-23(27)26(2)20-9-5-4-6-10-20/h7-8,11-12,18-20H,3-6,9-10,13-17H2,1-2H3,(H,25,28). The van der Waals surface area contributed by atoms with Gasteiger partial charge in [0.05, 0.1) is 11.3 Å². The molecule has 0 bridgehead atoms. The topological polar surface area (TPSA) is 49.4 Å². The van der Waals surface area contributed by atoms with Crippen molar-refractivity contribution in [1.29, 1.82) is 0 Å². The molecule has 0 saturated heterocycles. The summed E-state index contributed by atoms with van der Waals surface area (Å²) in [5.74, 6) is 1.37. The second-order valence-electron chi connectivity index (χ2n) is 8.68. The number of nitrogens with zero attached hydrogens (tertiary/aromatic N) is 1. The van der Waals surface area contributed by atoms with Gasteiger partial charge in [-0.15, -0.1) is 11.8 Å². The molecule has 29 heavy (non-hydrogen) atoms. The summed E-state index contributed by atoms with van der Waals surface area (Å²) in [6, 6.07) is 8.35. The molecule has 1 aromatic carbocycles. The Balaban J connectivity index is 1.54. The molecule has 1 N–H and O–H groups in total. The van der Waals surface area contributed by atoms with Crippen LogP contribution in [0.15, 0.2) is 29.2 Å². The van der Waals surface area contributed by atoms with Crippen LogP contribution in [-0.4, -0.2) is 41.6 Å². The van der Waals surface area contributed by atoms with Gasteiger partial charge in [0, 0.05) is 24.0 Å². The zero-order valence-corrected chi connectivity index (χ0v) is 18.8. The molecule has 0 aliphatic heterocycles. The van der Waals surface area contributed by atoms with Gasteiger partial charge in [0.25, 0.3) is 5.91 Å². The van der Waals surface area contributed by atoms with Crippen LogP contribution in [0.2, 0.25) is 0 Å². The van der Waals surface area contributed by atoms with E-state index < -0.39 is 0 Å². The molecular formula is C24H36N2O2S. The van der Waals surface area contributed by atoms with E-state index in [1.54, 1.807) is 0 Å². The molecule has 2 fully saturated rings. The van der Waals surface area contributed by atoms with E-state index in [2.05, 4.69) is 12.2 Å². The molecule has 160 valence electrons. The molecule has 1 aromatic rings. The molecule has 4 nitrogen and oxygen atoms in total. The molecule has 0 unspecified atom stereocenters. The van der Waals surface area contributed by atoms with Crippen molar-refractivity contribution in [3.05, 3.63) is 29.8 Å². The fraction of sp³-hybridized carbons (Fsp3) is 0.667. The van der Waals surface area contributed by atoms with Crippen molar-refractivity contribution < 1.29 is 9.59 Å². The summed E-state index contributed by atoms with van der Waals surface area (Å²) in [4.78, 5) is 28.4. The SMILES string of the molecule is CCC1CCC(NC(=O)c2ccccc2SCC(=O)N(C)C2CCCCC2)CC1. The zero-order valence-electron chi connectivity index (χ0n) is 18.0. The largest absolute Gasteiger partial charge is 0.349 e. The molecule has 5 heteroatoms. The first-order chi connectivity index (χ1) is 14.1. The monoisotopic (exact) mass is 416 g/mol. The second-order valence-corrected chi connectivity index (χ2v) is 9.70. The number of amides is 2. The minimum atomic E-state index is 0.00105. The summed E-state index contributed by atoms with van der Waals surface area (Å²) < 4.78 is 0. The van der Waals surface area contributed by atoms with Crippen molar-refractivity contribution >= 4 is 23.6 Å². The first kappa shape index (κ1) is 22.2. The van der Waals surface area contributed by atoms with Crippen molar-refractivity contribution in [2.45, 2.75) is 88.1 Å². The molecule has 2 amide bonds. The van der Waals surface area contributed by atoms with E-state index in [0.717, 1.165) is 36.5 Å². The highest BCUT2D eigenvalue weighted by atomic mass is 32.2.